The molecule has 1 amide bonds. The number of amides is 1. The molecule has 2 N–H and O–H groups in total. The first-order valence-corrected chi connectivity index (χ1v) is 9.10. The minimum absolute atomic E-state index is 0.107. The number of rotatable bonds is 5. The van der Waals surface area contributed by atoms with E-state index in [0.29, 0.717) is 0 Å². The number of fused-ring (bicyclic) bond motifs is 1. The van der Waals surface area contributed by atoms with Crippen LogP contribution in [0.1, 0.15) is 0 Å². The van der Waals surface area contributed by atoms with Crippen LogP contribution in [0.4, 0.5) is 17.1 Å². The van der Waals surface area contributed by atoms with Gasteiger partial charge in [-0.05, 0) is 24.3 Å². The van der Waals surface area contributed by atoms with Crippen molar-refractivity contribution in [3.8, 4) is 0 Å². The third kappa shape index (κ3) is 4.01. The van der Waals surface area contributed by atoms with E-state index < -0.39 is 0 Å². The second-order valence-electron chi connectivity index (χ2n) is 6.40. The molecule has 1 saturated heterocycles. The van der Waals surface area contributed by atoms with Crippen LogP contribution in [0.2, 0.25) is 0 Å². The normalized spacial score (nSPS) is 14.1. The minimum Gasteiger partial charge on any atom is -0.378 e. The summed E-state index contributed by atoms with van der Waals surface area (Å²) in [7, 11) is 0. The van der Waals surface area contributed by atoms with Gasteiger partial charge in [0.1, 0.15) is 0 Å². The Bertz CT molecular complexity index is 933. The predicted molar refractivity (Wildman–Crippen MR) is 108 cm³/mol. The fourth-order valence-electron chi connectivity index (χ4n) is 3.28. The molecule has 6 heteroatoms. The van der Waals surface area contributed by atoms with Crippen molar-refractivity contribution >= 4 is 33.9 Å². The van der Waals surface area contributed by atoms with Crippen molar-refractivity contribution in [3.63, 3.8) is 0 Å². The Kier molecular flexibility index (Phi) is 5.16. The monoisotopic (exact) mass is 362 g/mol. The molecule has 138 valence electrons. The number of pyridine rings is 1. The zero-order chi connectivity index (χ0) is 18.5. The number of benzene rings is 2. The molecule has 1 aliphatic heterocycles. The summed E-state index contributed by atoms with van der Waals surface area (Å²) in [4.78, 5) is 19.1. The SMILES string of the molecule is O=C(CNc1ccccc1N1CCOCC1)Nc1cccc2cccnc12. The van der Waals surface area contributed by atoms with Gasteiger partial charge in [-0.25, -0.2) is 0 Å². The third-order valence-corrected chi connectivity index (χ3v) is 4.60. The Morgan fingerprint density at radius 2 is 1.78 bits per heavy atom. The Balaban J connectivity index is 1.44. The summed E-state index contributed by atoms with van der Waals surface area (Å²) < 4.78 is 5.43. The van der Waals surface area contributed by atoms with Gasteiger partial charge in [0.2, 0.25) is 5.91 Å². The van der Waals surface area contributed by atoms with E-state index in [0.717, 1.165) is 54.3 Å². The van der Waals surface area contributed by atoms with Crippen LogP contribution in [0.3, 0.4) is 0 Å². The van der Waals surface area contributed by atoms with E-state index in [1.165, 1.54) is 0 Å². The van der Waals surface area contributed by atoms with Crippen LogP contribution < -0.4 is 15.5 Å². The smallest absolute Gasteiger partial charge is 0.243 e. The highest BCUT2D eigenvalue weighted by molar-refractivity contribution is 6.01. The van der Waals surface area contributed by atoms with Crippen molar-refractivity contribution in [1.29, 1.82) is 0 Å². The van der Waals surface area contributed by atoms with Crippen LogP contribution in [0.15, 0.2) is 60.8 Å². The van der Waals surface area contributed by atoms with Gasteiger partial charge in [0.25, 0.3) is 0 Å². The quantitative estimate of drug-likeness (QED) is 0.730. The third-order valence-electron chi connectivity index (χ3n) is 4.60. The van der Waals surface area contributed by atoms with Gasteiger partial charge in [0.15, 0.2) is 0 Å². The number of aromatic nitrogens is 1. The van der Waals surface area contributed by atoms with Gasteiger partial charge in [0, 0.05) is 24.7 Å². The number of carbonyl (C=O) groups excluding carboxylic acids is 1. The summed E-state index contributed by atoms with van der Waals surface area (Å²) in [6.45, 7) is 3.34. The van der Waals surface area contributed by atoms with Gasteiger partial charge >= 0.3 is 0 Å². The molecule has 1 fully saturated rings. The molecule has 2 aromatic carbocycles. The lowest BCUT2D eigenvalue weighted by Gasteiger charge is -2.30. The fourth-order valence-corrected chi connectivity index (χ4v) is 3.28. The van der Waals surface area contributed by atoms with E-state index in [9.17, 15) is 4.79 Å². The van der Waals surface area contributed by atoms with Crippen molar-refractivity contribution in [2.75, 3.05) is 48.4 Å². The Labute approximate surface area is 158 Å². The molecule has 1 aromatic heterocycles. The van der Waals surface area contributed by atoms with Gasteiger partial charge in [0.05, 0.1) is 42.3 Å². The number of morpholine rings is 1. The molecule has 0 aliphatic carbocycles. The van der Waals surface area contributed by atoms with Gasteiger partial charge in [-0.3, -0.25) is 9.78 Å². The lowest BCUT2D eigenvalue weighted by molar-refractivity contribution is -0.114. The van der Waals surface area contributed by atoms with E-state index in [2.05, 4.69) is 26.6 Å². The zero-order valence-corrected chi connectivity index (χ0v) is 15.0. The van der Waals surface area contributed by atoms with Crippen molar-refractivity contribution < 1.29 is 9.53 Å². The second kappa shape index (κ2) is 8.05. The summed E-state index contributed by atoms with van der Waals surface area (Å²) in [6, 6.07) is 17.7. The van der Waals surface area contributed by atoms with Crippen molar-refractivity contribution in [1.82, 2.24) is 4.98 Å². The first kappa shape index (κ1) is 17.3. The highest BCUT2D eigenvalue weighted by Gasteiger charge is 2.15. The standard InChI is InChI=1S/C21H22N4O2/c26-20(24-18-8-3-5-16-6-4-10-22-21(16)18)15-23-17-7-1-2-9-19(17)25-11-13-27-14-12-25/h1-10,23H,11-15H2,(H,24,26). The van der Waals surface area contributed by atoms with Gasteiger partial charge < -0.3 is 20.3 Å². The van der Waals surface area contributed by atoms with Crippen molar-refractivity contribution in [3.05, 3.63) is 60.8 Å². The summed E-state index contributed by atoms with van der Waals surface area (Å²) in [5, 5.41) is 7.22. The Hall–Kier alpha value is -3.12. The van der Waals surface area contributed by atoms with Crippen molar-refractivity contribution in [2.24, 2.45) is 0 Å². The van der Waals surface area contributed by atoms with Gasteiger partial charge in [-0.1, -0.05) is 30.3 Å². The summed E-state index contributed by atoms with van der Waals surface area (Å²) in [6.07, 6.45) is 1.73. The highest BCUT2D eigenvalue weighted by atomic mass is 16.5. The molecule has 0 unspecified atom stereocenters. The molecule has 1 aliphatic rings. The van der Waals surface area contributed by atoms with E-state index in [1.54, 1.807) is 6.20 Å². The molecule has 3 aromatic rings. The van der Waals surface area contributed by atoms with Crippen LogP contribution in [-0.2, 0) is 9.53 Å². The number of para-hydroxylation sites is 3. The largest absolute Gasteiger partial charge is 0.378 e. The number of ether oxygens (including phenoxy) is 1. The molecule has 27 heavy (non-hydrogen) atoms. The van der Waals surface area contributed by atoms with Crippen molar-refractivity contribution in [2.45, 2.75) is 0 Å². The van der Waals surface area contributed by atoms with E-state index in [1.807, 2.05) is 48.5 Å². The molecule has 0 radical (unpaired) electrons. The van der Waals surface area contributed by atoms with Crippen LogP contribution in [0.25, 0.3) is 10.9 Å². The Morgan fingerprint density at radius 1 is 1.00 bits per heavy atom. The molecular formula is C21H22N4O2. The van der Waals surface area contributed by atoms with E-state index >= 15 is 0 Å². The van der Waals surface area contributed by atoms with E-state index in [-0.39, 0.29) is 12.5 Å². The van der Waals surface area contributed by atoms with Crippen LogP contribution in [0.5, 0.6) is 0 Å². The second-order valence-corrected chi connectivity index (χ2v) is 6.40. The number of hydrogen-bond acceptors (Lipinski definition) is 5. The Morgan fingerprint density at radius 3 is 2.67 bits per heavy atom. The van der Waals surface area contributed by atoms with Crippen LogP contribution in [0, 0.1) is 0 Å². The van der Waals surface area contributed by atoms with Gasteiger partial charge in [-0.2, -0.15) is 0 Å². The number of nitrogens with one attached hydrogen (secondary N) is 2. The highest BCUT2D eigenvalue weighted by Crippen LogP contribution is 2.26. The maximum Gasteiger partial charge on any atom is 0.243 e. The van der Waals surface area contributed by atoms with Crippen LogP contribution in [-0.4, -0.2) is 43.7 Å². The lowest BCUT2D eigenvalue weighted by atomic mass is 10.2. The van der Waals surface area contributed by atoms with Gasteiger partial charge in [-0.15, -0.1) is 0 Å². The maximum atomic E-state index is 12.5. The zero-order valence-electron chi connectivity index (χ0n) is 15.0. The van der Waals surface area contributed by atoms with E-state index in [4.69, 9.17) is 4.74 Å². The molecule has 0 saturated carbocycles. The molecule has 6 nitrogen and oxygen atoms in total. The fraction of sp³-hybridized carbons (Fsp3) is 0.238. The number of hydrogen-bond donors (Lipinski definition) is 2. The summed E-state index contributed by atoms with van der Waals surface area (Å²) in [5.74, 6) is -0.107. The maximum absolute atomic E-state index is 12.5. The minimum atomic E-state index is -0.107. The molecule has 0 spiro atoms. The molecular weight excluding hydrogens is 340 g/mol. The molecule has 0 atom stereocenters. The number of nitrogens with zero attached hydrogens (tertiary/aromatic N) is 2. The molecule has 2 heterocycles. The molecule has 4 rings (SSSR count). The topological polar surface area (TPSA) is 66.5 Å². The number of anilines is 3. The first-order valence-electron chi connectivity index (χ1n) is 9.10. The lowest BCUT2D eigenvalue weighted by Crippen LogP contribution is -2.36. The number of carbonyl (C=O) groups is 1. The molecule has 0 bridgehead atoms. The summed E-state index contributed by atoms with van der Waals surface area (Å²) >= 11 is 0. The predicted octanol–water partition coefficient (Wildman–Crippen LogP) is 3.12. The first-order chi connectivity index (χ1) is 13.3. The summed E-state index contributed by atoms with van der Waals surface area (Å²) in [5.41, 5.74) is 3.56. The van der Waals surface area contributed by atoms with Crippen LogP contribution >= 0.6 is 0 Å². The average Bonchev–Trinajstić information content (AvgIpc) is 2.73. The average molecular weight is 362 g/mol.